The monoisotopic (exact) mass is 315 g/mol. The largest absolute Gasteiger partial charge is 0.472 e. The predicted octanol–water partition coefficient (Wildman–Crippen LogP) is 2.17. The number of furan rings is 1. The highest BCUT2D eigenvalue weighted by Crippen LogP contribution is 2.29. The highest BCUT2D eigenvalue weighted by atomic mass is 16.5. The van der Waals surface area contributed by atoms with E-state index >= 15 is 0 Å². The lowest BCUT2D eigenvalue weighted by atomic mass is 10.1. The minimum Gasteiger partial charge on any atom is -0.472 e. The molecular weight excluding hydrogens is 294 g/mol. The Morgan fingerprint density at radius 2 is 2.13 bits per heavy atom. The Kier molecular flexibility index (Phi) is 3.91. The van der Waals surface area contributed by atoms with Crippen LogP contribution in [0, 0.1) is 11.8 Å². The van der Waals surface area contributed by atoms with Crippen LogP contribution in [0.15, 0.2) is 35.3 Å². The number of rotatable bonds is 5. The molecular formula is C17H21N3O3. The molecule has 0 radical (unpaired) electrons. The zero-order chi connectivity index (χ0) is 15.6. The summed E-state index contributed by atoms with van der Waals surface area (Å²) >= 11 is 0. The molecule has 0 spiro atoms. The quantitative estimate of drug-likeness (QED) is 0.848. The molecule has 1 atom stereocenters. The van der Waals surface area contributed by atoms with Gasteiger partial charge >= 0.3 is 0 Å². The third-order valence-corrected chi connectivity index (χ3v) is 4.53. The van der Waals surface area contributed by atoms with E-state index in [2.05, 4.69) is 5.10 Å². The molecule has 1 aliphatic heterocycles. The van der Waals surface area contributed by atoms with Crippen LogP contribution < -0.4 is 0 Å². The number of carbonyl (C=O) groups is 1. The standard InChI is InChI=1S/C17H21N3O3/c21-17(15-4-6-22-12-15)19-7-14(11-23-10-13-1-2-13)8-20-16(9-19)3-5-18-20/h3-6,12-14H,1-2,7-11H2/t14-/m0/s1. The SMILES string of the molecule is O=C(c1ccoc1)N1Cc2ccnn2C[C@@H](COCC2CC2)C1. The summed E-state index contributed by atoms with van der Waals surface area (Å²) in [4.78, 5) is 14.5. The van der Waals surface area contributed by atoms with Crippen molar-refractivity contribution in [3.05, 3.63) is 42.1 Å². The van der Waals surface area contributed by atoms with Gasteiger partial charge in [0.25, 0.3) is 5.91 Å². The summed E-state index contributed by atoms with van der Waals surface area (Å²) in [6.45, 7) is 3.56. The Hall–Kier alpha value is -2.08. The Morgan fingerprint density at radius 1 is 1.26 bits per heavy atom. The van der Waals surface area contributed by atoms with E-state index in [1.807, 2.05) is 15.6 Å². The van der Waals surface area contributed by atoms with Crippen molar-refractivity contribution in [1.29, 1.82) is 0 Å². The van der Waals surface area contributed by atoms with Crippen LogP contribution in [0.2, 0.25) is 0 Å². The van der Waals surface area contributed by atoms with Crippen LogP contribution in [0.5, 0.6) is 0 Å². The Balaban J connectivity index is 1.48. The van der Waals surface area contributed by atoms with E-state index in [0.717, 1.165) is 24.8 Å². The smallest absolute Gasteiger partial charge is 0.257 e. The van der Waals surface area contributed by atoms with Gasteiger partial charge in [-0.05, 0) is 30.9 Å². The van der Waals surface area contributed by atoms with Gasteiger partial charge in [-0.1, -0.05) is 0 Å². The van der Waals surface area contributed by atoms with Crippen LogP contribution in [-0.4, -0.2) is 40.3 Å². The first-order valence-corrected chi connectivity index (χ1v) is 8.19. The number of amides is 1. The lowest BCUT2D eigenvalue weighted by molar-refractivity contribution is 0.0568. The summed E-state index contributed by atoms with van der Waals surface area (Å²) in [5.74, 6) is 1.01. The van der Waals surface area contributed by atoms with E-state index in [1.54, 1.807) is 12.3 Å². The van der Waals surface area contributed by atoms with E-state index in [0.29, 0.717) is 25.3 Å². The number of ether oxygens (including phenoxy) is 1. The second-order valence-electron chi connectivity index (χ2n) is 6.55. The van der Waals surface area contributed by atoms with Crippen molar-refractivity contribution in [1.82, 2.24) is 14.7 Å². The molecule has 23 heavy (non-hydrogen) atoms. The van der Waals surface area contributed by atoms with Crippen molar-refractivity contribution in [3.63, 3.8) is 0 Å². The summed E-state index contributed by atoms with van der Waals surface area (Å²) in [6, 6.07) is 3.69. The fourth-order valence-electron chi connectivity index (χ4n) is 3.05. The van der Waals surface area contributed by atoms with Crippen molar-refractivity contribution in [2.24, 2.45) is 11.8 Å². The van der Waals surface area contributed by atoms with Gasteiger partial charge in [0, 0.05) is 31.8 Å². The maximum atomic E-state index is 12.7. The molecule has 0 bridgehead atoms. The fraction of sp³-hybridized carbons (Fsp3) is 0.529. The number of nitrogens with zero attached hydrogens (tertiary/aromatic N) is 3. The predicted molar refractivity (Wildman–Crippen MR) is 82.7 cm³/mol. The molecule has 1 amide bonds. The zero-order valence-corrected chi connectivity index (χ0v) is 13.1. The van der Waals surface area contributed by atoms with Gasteiger partial charge in [0.05, 0.1) is 30.7 Å². The lowest BCUT2D eigenvalue weighted by Gasteiger charge is -2.23. The first-order chi connectivity index (χ1) is 11.3. The van der Waals surface area contributed by atoms with Crippen molar-refractivity contribution >= 4 is 5.91 Å². The van der Waals surface area contributed by atoms with Gasteiger partial charge in [0.15, 0.2) is 0 Å². The second-order valence-corrected chi connectivity index (χ2v) is 6.55. The minimum atomic E-state index is 0.000549. The molecule has 1 saturated carbocycles. The molecule has 4 rings (SSSR count). The van der Waals surface area contributed by atoms with E-state index in [-0.39, 0.29) is 11.8 Å². The maximum Gasteiger partial charge on any atom is 0.257 e. The van der Waals surface area contributed by atoms with E-state index in [1.165, 1.54) is 25.4 Å². The molecule has 2 aliphatic rings. The normalized spacial score (nSPS) is 21.0. The third kappa shape index (κ3) is 3.32. The first-order valence-electron chi connectivity index (χ1n) is 8.19. The molecule has 0 saturated heterocycles. The number of fused-ring (bicyclic) bond motifs is 1. The Labute approximate surface area is 135 Å². The zero-order valence-electron chi connectivity index (χ0n) is 13.1. The van der Waals surface area contributed by atoms with Crippen molar-refractivity contribution < 1.29 is 13.9 Å². The highest BCUT2D eigenvalue weighted by molar-refractivity contribution is 5.93. The van der Waals surface area contributed by atoms with Gasteiger partial charge in [-0.2, -0.15) is 5.10 Å². The van der Waals surface area contributed by atoms with Gasteiger partial charge in [0.1, 0.15) is 6.26 Å². The number of hydrogen-bond acceptors (Lipinski definition) is 4. The average molecular weight is 315 g/mol. The molecule has 3 heterocycles. The molecule has 2 aromatic rings. The minimum absolute atomic E-state index is 0.000549. The molecule has 0 aromatic carbocycles. The van der Waals surface area contributed by atoms with Crippen LogP contribution in [0.25, 0.3) is 0 Å². The summed E-state index contributed by atoms with van der Waals surface area (Å²) in [7, 11) is 0. The third-order valence-electron chi connectivity index (χ3n) is 4.53. The first kappa shape index (κ1) is 14.5. The number of hydrogen-bond donors (Lipinski definition) is 0. The van der Waals surface area contributed by atoms with Crippen molar-refractivity contribution in [2.45, 2.75) is 25.9 Å². The Bertz CT molecular complexity index is 660. The molecule has 2 aromatic heterocycles. The summed E-state index contributed by atoms with van der Waals surface area (Å²) in [5.41, 5.74) is 1.65. The summed E-state index contributed by atoms with van der Waals surface area (Å²) < 4.78 is 12.9. The second kappa shape index (κ2) is 6.20. The van der Waals surface area contributed by atoms with E-state index < -0.39 is 0 Å². The summed E-state index contributed by atoms with van der Waals surface area (Å²) in [6.07, 6.45) is 7.41. The van der Waals surface area contributed by atoms with E-state index in [9.17, 15) is 4.79 Å². The molecule has 6 nitrogen and oxygen atoms in total. The molecule has 0 unspecified atom stereocenters. The van der Waals surface area contributed by atoms with Crippen LogP contribution in [0.1, 0.15) is 28.9 Å². The summed E-state index contributed by atoms with van der Waals surface area (Å²) in [5, 5.41) is 4.38. The van der Waals surface area contributed by atoms with Gasteiger partial charge in [-0.15, -0.1) is 0 Å². The van der Waals surface area contributed by atoms with Gasteiger partial charge in [-0.3, -0.25) is 9.48 Å². The lowest BCUT2D eigenvalue weighted by Crippen LogP contribution is -2.35. The van der Waals surface area contributed by atoms with Crippen LogP contribution >= 0.6 is 0 Å². The van der Waals surface area contributed by atoms with Gasteiger partial charge in [-0.25, -0.2) is 0 Å². The van der Waals surface area contributed by atoms with Gasteiger partial charge < -0.3 is 14.1 Å². The highest BCUT2D eigenvalue weighted by Gasteiger charge is 2.28. The van der Waals surface area contributed by atoms with Crippen LogP contribution in [-0.2, 0) is 17.8 Å². The van der Waals surface area contributed by atoms with E-state index in [4.69, 9.17) is 9.15 Å². The Morgan fingerprint density at radius 3 is 2.91 bits per heavy atom. The molecule has 0 N–H and O–H groups in total. The van der Waals surface area contributed by atoms with Crippen molar-refractivity contribution in [3.8, 4) is 0 Å². The number of aromatic nitrogens is 2. The molecule has 1 aliphatic carbocycles. The maximum absolute atomic E-state index is 12.7. The van der Waals surface area contributed by atoms with Crippen molar-refractivity contribution in [2.75, 3.05) is 19.8 Å². The van der Waals surface area contributed by atoms with Crippen LogP contribution in [0.3, 0.4) is 0 Å². The molecule has 6 heteroatoms. The molecule has 1 fully saturated rings. The van der Waals surface area contributed by atoms with Gasteiger partial charge in [0.2, 0.25) is 0 Å². The topological polar surface area (TPSA) is 60.5 Å². The number of carbonyl (C=O) groups excluding carboxylic acids is 1. The molecule has 122 valence electrons. The van der Waals surface area contributed by atoms with Crippen LogP contribution in [0.4, 0.5) is 0 Å². The average Bonchev–Trinajstić information content (AvgIpc) is 3.07. The fourth-order valence-corrected chi connectivity index (χ4v) is 3.05.